The monoisotopic (exact) mass is 613 g/mol. The van der Waals surface area contributed by atoms with Crippen LogP contribution in [0.15, 0.2) is 60.7 Å². The van der Waals surface area contributed by atoms with Gasteiger partial charge in [-0.3, -0.25) is 4.79 Å². The zero-order chi connectivity index (χ0) is 32.5. The number of likely N-dealkylation sites (tertiary alicyclic amines) is 1. The fraction of sp³-hybridized carbons (Fsp3) is 0.421. The highest BCUT2D eigenvalue weighted by atomic mass is 19.1. The average Bonchev–Trinajstić information content (AvgIpc) is 3.33. The average molecular weight is 614 g/mol. The Kier molecular flexibility index (Phi) is 9.11. The number of rotatable bonds is 5. The molecule has 0 bridgehead atoms. The molecule has 0 aromatic heterocycles. The van der Waals surface area contributed by atoms with E-state index in [1.807, 2.05) is 103 Å². The van der Waals surface area contributed by atoms with Gasteiger partial charge < -0.3 is 19.1 Å². The molecule has 1 amide bonds. The van der Waals surface area contributed by atoms with Crippen LogP contribution in [-0.2, 0) is 16.0 Å². The van der Waals surface area contributed by atoms with E-state index in [4.69, 9.17) is 14.2 Å². The highest BCUT2D eigenvalue weighted by molar-refractivity contribution is 6.00. The van der Waals surface area contributed by atoms with E-state index in [0.29, 0.717) is 36.6 Å². The second-order valence-corrected chi connectivity index (χ2v) is 14.1. The number of esters is 1. The second-order valence-electron chi connectivity index (χ2n) is 14.1. The zero-order valence-electron chi connectivity index (χ0n) is 27.5. The van der Waals surface area contributed by atoms with E-state index in [1.165, 1.54) is 0 Å². The molecule has 6 nitrogen and oxygen atoms in total. The van der Waals surface area contributed by atoms with Crippen LogP contribution in [0.25, 0.3) is 11.1 Å². The van der Waals surface area contributed by atoms with E-state index >= 15 is 4.39 Å². The summed E-state index contributed by atoms with van der Waals surface area (Å²) in [5.74, 6) is 0.689. The van der Waals surface area contributed by atoms with Gasteiger partial charge in [0.05, 0.1) is 12.0 Å². The molecule has 1 fully saturated rings. The van der Waals surface area contributed by atoms with Crippen molar-refractivity contribution < 1.29 is 28.2 Å². The van der Waals surface area contributed by atoms with E-state index in [0.717, 1.165) is 52.7 Å². The number of carbonyl (C=O) groups excluding carboxylic acids is 2. The molecule has 2 aliphatic rings. The summed E-state index contributed by atoms with van der Waals surface area (Å²) >= 11 is 0. The van der Waals surface area contributed by atoms with Gasteiger partial charge in [0.25, 0.3) is 0 Å². The Hall–Kier alpha value is -4.13. The lowest BCUT2D eigenvalue weighted by molar-refractivity contribution is -0.143. The fourth-order valence-electron chi connectivity index (χ4n) is 5.76. The Labute approximate surface area is 266 Å². The number of fused-ring (bicyclic) bond motifs is 1. The molecule has 0 unspecified atom stereocenters. The smallest absolute Gasteiger partial charge is 0.410 e. The van der Waals surface area contributed by atoms with E-state index in [9.17, 15) is 9.59 Å². The lowest BCUT2D eigenvalue weighted by Gasteiger charge is -2.24. The highest BCUT2D eigenvalue weighted by Crippen LogP contribution is 2.42. The number of nitrogens with zero attached hydrogens (tertiary/aromatic N) is 1. The number of hydrogen-bond acceptors (Lipinski definition) is 5. The molecule has 7 heteroatoms. The van der Waals surface area contributed by atoms with Gasteiger partial charge in [-0.1, -0.05) is 30.3 Å². The molecule has 45 heavy (non-hydrogen) atoms. The summed E-state index contributed by atoms with van der Waals surface area (Å²) in [5.41, 5.74) is 5.21. The minimum Gasteiger partial charge on any atom is -0.489 e. The standard InChI is InChI=1S/C38H44FNO5/c1-24-11-17-31(33(39)21-24)32-10-8-9-26-22-28(44-35(41)37(2,3)4)16-18-30(26)34(32)25-12-14-27(15-13-25)43-29-19-20-40(23-29)36(42)45-38(5,6)7/h11-18,21-22,29H,8-10,19-20,23H2,1-7H3/t29-/m0/s1. The van der Waals surface area contributed by atoms with Crippen LogP contribution in [0, 0.1) is 18.2 Å². The van der Waals surface area contributed by atoms with Crippen molar-refractivity contribution in [3.05, 3.63) is 94.3 Å². The third kappa shape index (κ3) is 7.75. The van der Waals surface area contributed by atoms with Crippen LogP contribution in [0.2, 0.25) is 0 Å². The quantitative estimate of drug-likeness (QED) is 0.213. The van der Waals surface area contributed by atoms with Gasteiger partial charge in [0.1, 0.15) is 29.0 Å². The molecule has 1 saturated heterocycles. The van der Waals surface area contributed by atoms with Gasteiger partial charge >= 0.3 is 12.1 Å². The molecule has 1 heterocycles. The maximum Gasteiger partial charge on any atom is 0.410 e. The summed E-state index contributed by atoms with van der Waals surface area (Å²) in [6.07, 6.45) is 2.56. The van der Waals surface area contributed by atoms with Crippen LogP contribution in [0.1, 0.15) is 88.6 Å². The van der Waals surface area contributed by atoms with Crippen LogP contribution in [-0.4, -0.2) is 41.8 Å². The third-order valence-electron chi connectivity index (χ3n) is 8.04. The predicted molar refractivity (Wildman–Crippen MR) is 175 cm³/mol. The molecule has 1 aliphatic carbocycles. The molecule has 3 aromatic rings. The summed E-state index contributed by atoms with van der Waals surface area (Å²) < 4.78 is 33.0. The van der Waals surface area contributed by atoms with Crippen LogP contribution >= 0.6 is 0 Å². The van der Waals surface area contributed by atoms with Crippen LogP contribution in [0.4, 0.5) is 9.18 Å². The van der Waals surface area contributed by atoms with Gasteiger partial charge in [0.15, 0.2) is 0 Å². The maximum atomic E-state index is 15.5. The summed E-state index contributed by atoms with van der Waals surface area (Å²) in [7, 11) is 0. The maximum absolute atomic E-state index is 15.5. The number of aryl methyl sites for hydroxylation is 2. The van der Waals surface area contributed by atoms with Crippen molar-refractivity contribution in [1.29, 1.82) is 0 Å². The molecule has 0 saturated carbocycles. The minimum absolute atomic E-state index is 0.132. The number of allylic oxidation sites excluding steroid dienone is 1. The molecule has 1 aliphatic heterocycles. The largest absolute Gasteiger partial charge is 0.489 e. The van der Waals surface area contributed by atoms with Crippen molar-refractivity contribution in [2.45, 2.75) is 85.9 Å². The number of amides is 1. The molecule has 0 spiro atoms. The lowest BCUT2D eigenvalue weighted by atomic mass is 9.87. The molecule has 0 radical (unpaired) electrons. The molecular formula is C38H44FNO5. The normalized spacial score (nSPS) is 17.1. The Bertz CT molecular complexity index is 1610. The van der Waals surface area contributed by atoms with Crippen LogP contribution in [0.3, 0.4) is 0 Å². The van der Waals surface area contributed by atoms with Gasteiger partial charge in [-0.25, -0.2) is 9.18 Å². The summed E-state index contributed by atoms with van der Waals surface area (Å²) in [5, 5.41) is 0. The van der Waals surface area contributed by atoms with E-state index in [2.05, 4.69) is 0 Å². The molecule has 5 rings (SSSR count). The molecule has 238 valence electrons. The van der Waals surface area contributed by atoms with Crippen LogP contribution in [0.5, 0.6) is 11.5 Å². The number of ether oxygens (including phenoxy) is 3. The van der Waals surface area contributed by atoms with Crippen molar-refractivity contribution >= 4 is 23.2 Å². The zero-order valence-corrected chi connectivity index (χ0v) is 27.5. The first-order chi connectivity index (χ1) is 21.2. The van der Waals surface area contributed by atoms with Crippen LogP contribution < -0.4 is 9.47 Å². The van der Waals surface area contributed by atoms with Crippen molar-refractivity contribution in [1.82, 2.24) is 4.90 Å². The number of benzene rings is 3. The molecule has 0 N–H and O–H groups in total. The summed E-state index contributed by atoms with van der Waals surface area (Å²) in [4.78, 5) is 26.8. The Balaban J connectivity index is 1.46. The van der Waals surface area contributed by atoms with Gasteiger partial charge in [-0.2, -0.15) is 0 Å². The topological polar surface area (TPSA) is 65.1 Å². The van der Waals surface area contributed by atoms with Gasteiger partial charge in [0.2, 0.25) is 0 Å². The Morgan fingerprint density at radius 3 is 2.22 bits per heavy atom. The molecular weight excluding hydrogens is 569 g/mol. The van der Waals surface area contributed by atoms with Gasteiger partial charge in [-0.05, 0) is 131 Å². The second kappa shape index (κ2) is 12.7. The fourth-order valence-corrected chi connectivity index (χ4v) is 5.76. The van der Waals surface area contributed by atoms with Gasteiger partial charge in [0, 0.05) is 18.5 Å². The predicted octanol–water partition coefficient (Wildman–Crippen LogP) is 8.77. The minimum atomic E-state index is -0.621. The van der Waals surface area contributed by atoms with E-state index < -0.39 is 11.0 Å². The first kappa shape index (κ1) is 32.3. The molecule has 3 aromatic carbocycles. The lowest BCUT2D eigenvalue weighted by Crippen LogP contribution is -2.36. The SMILES string of the molecule is Cc1ccc(C2=C(c3ccc(O[C@H]4CCN(C(=O)OC(C)(C)C)C4)cc3)c3ccc(OC(=O)C(C)(C)C)cc3CCC2)c(F)c1. The third-order valence-corrected chi connectivity index (χ3v) is 8.04. The van der Waals surface area contributed by atoms with E-state index in [-0.39, 0.29) is 24.0 Å². The van der Waals surface area contributed by atoms with Crippen molar-refractivity contribution in [2.24, 2.45) is 5.41 Å². The first-order valence-electron chi connectivity index (χ1n) is 15.8. The number of halogens is 1. The Morgan fingerprint density at radius 2 is 1.56 bits per heavy atom. The highest BCUT2D eigenvalue weighted by Gasteiger charge is 2.31. The van der Waals surface area contributed by atoms with Crippen molar-refractivity contribution in [3.63, 3.8) is 0 Å². The Morgan fingerprint density at radius 1 is 0.867 bits per heavy atom. The van der Waals surface area contributed by atoms with Gasteiger partial charge in [-0.15, -0.1) is 0 Å². The summed E-state index contributed by atoms with van der Waals surface area (Å²) in [6, 6.07) is 19.1. The van der Waals surface area contributed by atoms with E-state index in [1.54, 1.807) is 11.0 Å². The van der Waals surface area contributed by atoms with Crippen molar-refractivity contribution in [2.75, 3.05) is 13.1 Å². The summed E-state index contributed by atoms with van der Waals surface area (Å²) in [6.45, 7) is 14.0. The number of carbonyl (C=O) groups is 2. The van der Waals surface area contributed by atoms with Crippen molar-refractivity contribution in [3.8, 4) is 11.5 Å². The molecule has 1 atom stereocenters. The first-order valence-corrected chi connectivity index (χ1v) is 15.8. The number of hydrogen-bond donors (Lipinski definition) is 0.